The van der Waals surface area contributed by atoms with Gasteiger partial charge in [-0.3, -0.25) is 4.79 Å². The van der Waals surface area contributed by atoms with Crippen molar-refractivity contribution in [1.29, 1.82) is 0 Å². The van der Waals surface area contributed by atoms with Gasteiger partial charge in [-0.1, -0.05) is 18.1 Å². The van der Waals surface area contributed by atoms with Gasteiger partial charge in [0.15, 0.2) is 5.82 Å². The molecule has 190 valence electrons. The molecule has 3 N–H and O–H groups in total. The highest BCUT2D eigenvalue weighted by molar-refractivity contribution is 5.78. The monoisotopic (exact) mass is 497 g/mol. The predicted octanol–water partition coefficient (Wildman–Crippen LogP) is 2.91. The summed E-state index contributed by atoms with van der Waals surface area (Å²) in [5.74, 6) is 6.94. The minimum absolute atomic E-state index is 0.159. The average Bonchev–Trinajstić information content (AvgIpc) is 3.21. The molecule has 2 aliphatic heterocycles. The molecule has 1 amide bonds. The van der Waals surface area contributed by atoms with Gasteiger partial charge in [-0.25, -0.2) is 4.98 Å². The summed E-state index contributed by atoms with van der Waals surface area (Å²) in [4.78, 5) is 22.6. The molecule has 3 aromatic rings. The van der Waals surface area contributed by atoms with Gasteiger partial charge in [0.1, 0.15) is 11.4 Å². The number of aromatic hydroxyl groups is 1. The van der Waals surface area contributed by atoms with Gasteiger partial charge in [-0.2, -0.15) is 0 Å². The fourth-order valence-corrected chi connectivity index (χ4v) is 4.91. The zero-order chi connectivity index (χ0) is 25.8. The summed E-state index contributed by atoms with van der Waals surface area (Å²) in [7, 11) is 0. The van der Waals surface area contributed by atoms with Crippen LogP contribution in [0, 0.1) is 11.8 Å². The number of nitrogens with two attached hydrogens (primary N) is 1. The molecule has 0 aliphatic carbocycles. The second-order valence-electron chi connectivity index (χ2n) is 9.46. The van der Waals surface area contributed by atoms with E-state index in [1.807, 2.05) is 30.3 Å². The number of pyridine rings is 1. The lowest BCUT2D eigenvalue weighted by Gasteiger charge is -2.29. The maximum absolute atomic E-state index is 11.8. The van der Waals surface area contributed by atoms with E-state index in [-0.39, 0.29) is 11.7 Å². The fourth-order valence-electron chi connectivity index (χ4n) is 4.91. The molecule has 5 rings (SSSR count). The molecule has 0 saturated carbocycles. The van der Waals surface area contributed by atoms with Crippen molar-refractivity contribution < 1.29 is 9.90 Å². The van der Waals surface area contributed by atoms with E-state index < -0.39 is 0 Å². The van der Waals surface area contributed by atoms with Crippen LogP contribution in [0.4, 0.5) is 17.2 Å². The third-order valence-electron chi connectivity index (χ3n) is 7.01. The van der Waals surface area contributed by atoms with Crippen LogP contribution in [-0.4, -0.2) is 69.9 Å². The molecule has 1 aromatic carbocycles. The van der Waals surface area contributed by atoms with Crippen LogP contribution in [0.1, 0.15) is 31.9 Å². The van der Waals surface area contributed by atoms with E-state index >= 15 is 0 Å². The smallest absolute Gasteiger partial charge is 0.223 e. The van der Waals surface area contributed by atoms with Crippen molar-refractivity contribution in [2.75, 3.05) is 48.3 Å². The number of carbonyl (C=O) groups excluding carboxylic acids is 1. The van der Waals surface area contributed by atoms with Crippen molar-refractivity contribution in [3.8, 4) is 28.8 Å². The van der Waals surface area contributed by atoms with Gasteiger partial charge < -0.3 is 25.5 Å². The van der Waals surface area contributed by atoms with Crippen molar-refractivity contribution in [3.63, 3.8) is 0 Å². The minimum atomic E-state index is 0.159. The molecule has 37 heavy (non-hydrogen) atoms. The van der Waals surface area contributed by atoms with Crippen molar-refractivity contribution in [1.82, 2.24) is 20.1 Å². The van der Waals surface area contributed by atoms with E-state index in [0.29, 0.717) is 41.8 Å². The van der Waals surface area contributed by atoms with E-state index in [0.717, 1.165) is 50.4 Å². The number of hydrogen-bond donors (Lipinski definition) is 2. The van der Waals surface area contributed by atoms with Gasteiger partial charge in [0.25, 0.3) is 0 Å². The van der Waals surface area contributed by atoms with E-state index in [1.165, 1.54) is 0 Å². The molecule has 0 spiro atoms. The van der Waals surface area contributed by atoms with Crippen LogP contribution < -0.4 is 15.5 Å². The first-order valence-electron chi connectivity index (χ1n) is 12.7. The number of nitrogen functional groups attached to an aromatic ring is 1. The molecular weight excluding hydrogens is 466 g/mol. The van der Waals surface area contributed by atoms with Crippen LogP contribution in [0.5, 0.6) is 5.75 Å². The lowest BCUT2D eigenvalue weighted by molar-refractivity contribution is -0.127. The lowest BCUT2D eigenvalue weighted by atomic mass is 10.1. The zero-order valence-corrected chi connectivity index (χ0v) is 21.0. The predicted molar refractivity (Wildman–Crippen MR) is 144 cm³/mol. The first-order valence-corrected chi connectivity index (χ1v) is 12.7. The van der Waals surface area contributed by atoms with Crippen molar-refractivity contribution >= 4 is 23.1 Å². The van der Waals surface area contributed by atoms with E-state index in [4.69, 9.17) is 5.73 Å². The Labute approximate surface area is 216 Å². The van der Waals surface area contributed by atoms with Crippen LogP contribution in [0.25, 0.3) is 11.3 Å². The molecule has 9 heteroatoms. The largest absolute Gasteiger partial charge is 0.507 e. The van der Waals surface area contributed by atoms with Crippen molar-refractivity contribution in [2.24, 2.45) is 0 Å². The van der Waals surface area contributed by atoms with Crippen LogP contribution in [0.3, 0.4) is 0 Å². The third kappa shape index (κ3) is 5.43. The van der Waals surface area contributed by atoms with Gasteiger partial charge >= 0.3 is 0 Å². The molecule has 0 radical (unpaired) electrons. The van der Waals surface area contributed by atoms with Crippen LogP contribution in [0.2, 0.25) is 0 Å². The van der Waals surface area contributed by atoms with Gasteiger partial charge in [-0.15, -0.1) is 10.2 Å². The Morgan fingerprint density at radius 3 is 2.78 bits per heavy atom. The Balaban J connectivity index is 1.31. The fraction of sp³-hybridized carbons (Fsp3) is 0.357. The highest BCUT2D eigenvalue weighted by atomic mass is 16.3. The molecule has 0 unspecified atom stereocenters. The second-order valence-corrected chi connectivity index (χ2v) is 9.46. The average molecular weight is 498 g/mol. The first-order chi connectivity index (χ1) is 18.0. The lowest BCUT2D eigenvalue weighted by Crippen LogP contribution is -2.35. The Kier molecular flexibility index (Phi) is 7.08. The maximum Gasteiger partial charge on any atom is 0.223 e. The normalized spacial score (nSPS) is 17.9. The maximum atomic E-state index is 11.8. The molecule has 9 nitrogen and oxygen atoms in total. The summed E-state index contributed by atoms with van der Waals surface area (Å²) in [5, 5.41) is 18.7. The number of likely N-dealkylation sites (tertiary alicyclic amines) is 1. The zero-order valence-electron chi connectivity index (χ0n) is 21.0. The number of hydrogen-bond acceptors (Lipinski definition) is 8. The number of benzene rings is 1. The third-order valence-corrected chi connectivity index (χ3v) is 7.01. The van der Waals surface area contributed by atoms with Gasteiger partial charge in [0.2, 0.25) is 5.91 Å². The van der Waals surface area contributed by atoms with Gasteiger partial charge in [-0.05, 0) is 56.0 Å². The number of aromatic nitrogens is 3. The van der Waals surface area contributed by atoms with Gasteiger partial charge in [0.05, 0.1) is 17.9 Å². The Bertz CT molecular complexity index is 1350. The summed E-state index contributed by atoms with van der Waals surface area (Å²) < 4.78 is 0. The Morgan fingerprint density at radius 1 is 1.11 bits per heavy atom. The number of carbonyl (C=O) groups is 1. The summed E-state index contributed by atoms with van der Waals surface area (Å²) in [6, 6.07) is 13.3. The van der Waals surface area contributed by atoms with Crippen LogP contribution in [0.15, 0.2) is 48.7 Å². The number of para-hydroxylation sites is 1. The standard InChI is InChI=1S/C28H31N7O2/c1-20-11-15-33(25-19-24(31-32-28(25)29)23-7-2-3-8-26(23)36)16-17-35(20)22-10-12-30-21(18-22)6-4-13-34-14-5-9-27(34)37/h2-3,7-8,10,12,18-20,36H,5,9,11,13-17H2,1H3,(H2,29,32)/t20-/m1/s1. The van der Waals surface area contributed by atoms with Gasteiger partial charge in [0, 0.05) is 56.1 Å². The molecule has 2 aliphatic rings. The highest BCUT2D eigenvalue weighted by Crippen LogP contribution is 2.32. The molecule has 0 bridgehead atoms. The van der Waals surface area contributed by atoms with Crippen LogP contribution in [-0.2, 0) is 4.79 Å². The number of phenols is 1. The van der Waals surface area contributed by atoms with E-state index in [1.54, 1.807) is 23.2 Å². The molecule has 1 atom stereocenters. The molecule has 2 fully saturated rings. The Hall–Kier alpha value is -4.32. The summed E-state index contributed by atoms with van der Waals surface area (Å²) >= 11 is 0. The minimum Gasteiger partial charge on any atom is -0.507 e. The topological polar surface area (TPSA) is 112 Å². The number of phenolic OH excluding ortho intramolecular Hbond substituents is 1. The van der Waals surface area contributed by atoms with Crippen molar-refractivity contribution in [2.45, 2.75) is 32.2 Å². The Morgan fingerprint density at radius 2 is 1.97 bits per heavy atom. The van der Waals surface area contributed by atoms with E-state index in [9.17, 15) is 9.90 Å². The number of amides is 1. The molecule has 4 heterocycles. The number of rotatable bonds is 4. The quantitative estimate of drug-likeness (QED) is 0.530. The molecule has 2 aromatic heterocycles. The number of nitrogens with zero attached hydrogens (tertiary/aromatic N) is 6. The first kappa shape index (κ1) is 24.4. The molecular formula is C28H31N7O2. The molecule has 2 saturated heterocycles. The summed E-state index contributed by atoms with van der Waals surface area (Å²) in [6.07, 6.45) is 4.25. The van der Waals surface area contributed by atoms with Crippen LogP contribution >= 0.6 is 0 Å². The number of anilines is 3. The SMILES string of the molecule is C[C@@H]1CCN(c2cc(-c3ccccc3O)nnc2N)CCN1c1ccnc(C#CCN2CCCC2=O)c1. The second kappa shape index (κ2) is 10.7. The summed E-state index contributed by atoms with van der Waals surface area (Å²) in [5.41, 5.74) is 10.1. The summed E-state index contributed by atoms with van der Waals surface area (Å²) in [6.45, 7) is 5.80. The highest BCUT2D eigenvalue weighted by Gasteiger charge is 2.24. The van der Waals surface area contributed by atoms with Crippen molar-refractivity contribution in [3.05, 3.63) is 54.4 Å². The van der Waals surface area contributed by atoms with E-state index in [2.05, 4.69) is 43.7 Å².